The molecule has 0 unspecified atom stereocenters. The van der Waals surface area contributed by atoms with Gasteiger partial charge in [-0.25, -0.2) is 4.98 Å². The fourth-order valence-electron chi connectivity index (χ4n) is 3.86. The Hall–Kier alpha value is -3.47. The normalized spacial score (nSPS) is 21.1. The van der Waals surface area contributed by atoms with Crippen molar-refractivity contribution in [2.45, 2.75) is 65.1 Å². The van der Waals surface area contributed by atoms with E-state index in [9.17, 15) is 19.2 Å². The first-order valence-corrected chi connectivity index (χ1v) is 13.3. The molecule has 1 aromatic heterocycles. The van der Waals surface area contributed by atoms with Crippen molar-refractivity contribution in [1.29, 1.82) is 0 Å². The lowest BCUT2D eigenvalue weighted by atomic mass is 10.0. The number of hydrogen-bond donors (Lipinski definition) is 4. The van der Waals surface area contributed by atoms with E-state index in [1.54, 1.807) is 42.5 Å². The van der Waals surface area contributed by atoms with Crippen molar-refractivity contribution in [3.63, 3.8) is 0 Å². The zero-order valence-electron chi connectivity index (χ0n) is 21.6. The zero-order valence-corrected chi connectivity index (χ0v) is 22.4. The lowest BCUT2D eigenvalue weighted by Crippen LogP contribution is -2.55. The SMILES string of the molecule is Cc1csc(CCCNC(=O)[C@@H]2CC(=O)N[C@@H](C(C)C)C(=O)N[C@H](C)COc3ccccc3C(=O)N2)n1. The van der Waals surface area contributed by atoms with Crippen LogP contribution in [0.25, 0.3) is 0 Å². The number of benzene rings is 1. The van der Waals surface area contributed by atoms with E-state index in [-0.39, 0.29) is 36.5 Å². The number of nitrogens with one attached hydrogen (secondary N) is 4. The van der Waals surface area contributed by atoms with E-state index in [0.717, 1.165) is 10.7 Å². The van der Waals surface area contributed by atoms with Gasteiger partial charge in [-0.05, 0) is 38.3 Å². The summed E-state index contributed by atoms with van der Waals surface area (Å²) in [5, 5.41) is 14.0. The van der Waals surface area contributed by atoms with Crippen molar-refractivity contribution in [2.75, 3.05) is 13.2 Å². The molecule has 0 radical (unpaired) electrons. The molecule has 3 atom stereocenters. The van der Waals surface area contributed by atoms with Gasteiger partial charge in [-0.15, -0.1) is 11.3 Å². The summed E-state index contributed by atoms with van der Waals surface area (Å²) in [7, 11) is 0. The molecule has 0 bridgehead atoms. The number of aryl methyl sites for hydroxylation is 2. The van der Waals surface area contributed by atoms with E-state index in [2.05, 4.69) is 26.3 Å². The quantitative estimate of drug-likeness (QED) is 0.421. The van der Waals surface area contributed by atoms with Crippen molar-refractivity contribution in [3.05, 3.63) is 45.9 Å². The molecule has 0 spiro atoms. The Morgan fingerprint density at radius 3 is 2.65 bits per heavy atom. The van der Waals surface area contributed by atoms with Gasteiger partial charge in [-0.1, -0.05) is 26.0 Å². The number of carbonyl (C=O) groups excluding carboxylic acids is 4. The third-order valence-corrected chi connectivity index (χ3v) is 6.85. The first-order chi connectivity index (χ1) is 17.6. The fraction of sp³-hybridized carbons (Fsp3) is 0.500. The van der Waals surface area contributed by atoms with Gasteiger partial charge in [0, 0.05) is 24.0 Å². The molecule has 0 fully saturated rings. The van der Waals surface area contributed by atoms with Crippen LogP contribution < -0.4 is 26.0 Å². The minimum Gasteiger partial charge on any atom is -0.491 e. The maximum atomic E-state index is 13.1. The number of carbonyl (C=O) groups is 4. The molecule has 200 valence electrons. The zero-order chi connectivity index (χ0) is 26.9. The number of ether oxygens (including phenoxy) is 1. The lowest BCUT2D eigenvalue weighted by Gasteiger charge is -2.26. The highest BCUT2D eigenvalue weighted by molar-refractivity contribution is 7.09. The summed E-state index contributed by atoms with van der Waals surface area (Å²) in [4.78, 5) is 56.4. The standard InChI is InChI=1S/C26H35N5O5S/c1-15(2)23-26(35)29-16(3)13-36-20-9-6-5-8-18(20)24(33)30-19(12-21(32)31-23)25(34)27-11-7-10-22-28-17(4)14-37-22/h5-6,8-9,14-16,19,23H,7,10-13H2,1-4H3,(H,27,34)(H,29,35)(H,30,33)(H,31,32)/t16-,19+,23+/m1/s1. The van der Waals surface area contributed by atoms with E-state index in [4.69, 9.17) is 4.74 Å². The maximum Gasteiger partial charge on any atom is 0.255 e. The van der Waals surface area contributed by atoms with Gasteiger partial charge >= 0.3 is 0 Å². The van der Waals surface area contributed by atoms with Crippen LogP contribution in [0.5, 0.6) is 5.75 Å². The van der Waals surface area contributed by atoms with Gasteiger partial charge in [0.05, 0.1) is 23.0 Å². The van der Waals surface area contributed by atoms with E-state index < -0.39 is 29.8 Å². The van der Waals surface area contributed by atoms with Crippen LogP contribution in [0.15, 0.2) is 29.6 Å². The topological polar surface area (TPSA) is 139 Å². The van der Waals surface area contributed by atoms with Gasteiger partial charge in [0.2, 0.25) is 17.7 Å². The molecule has 4 amide bonds. The number of para-hydroxylation sites is 1. The second-order valence-electron chi connectivity index (χ2n) is 9.51. The number of amides is 4. The summed E-state index contributed by atoms with van der Waals surface area (Å²) in [6.07, 6.45) is 1.05. The second kappa shape index (κ2) is 13.2. The van der Waals surface area contributed by atoms with E-state index in [1.807, 2.05) is 26.2 Å². The highest BCUT2D eigenvalue weighted by Gasteiger charge is 2.30. The summed E-state index contributed by atoms with van der Waals surface area (Å²) >= 11 is 1.57. The van der Waals surface area contributed by atoms with Crippen molar-refractivity contribution < 1.29 is 23.9 Å². The van der Waals surface area contributed by atoms with Crippen LogP contribution >= 0.6 is 11.3 Å². The van der Waals surface area contributed by atoms with Gasteiger partial charge in [-0.3, -0.25) is 19.2 Å². The van der Waals surface area contributed by atoms with Crippen LogP contribution in [-0.4, -0.2) is 59.9 Å². The molecular formula is C26H35N5O5S. The minimum absolute atomic E-state index is 0.122. The maximum absolute atomic E-state index is 13.1. The third kappa shape index (κ3) is 8.28. The molecule has 11 heteroatoms. The van der Waals surface area contributed by atoms with Gasteiger partial charge in [0.15, 0.2) is 0 Å². The first-order valence-electron chi connectivity index (χ1n) is 12.4. The van der Waals surface area contributed by atoms with E-state index in [1.165, 1.54) is 0 Å². The summed E-state index contributed by atoms with van der Waals surface area (Å²) in [6, 6.07) is 4.34. The monoisotopic (exact) mass is 529 g/mol. The van der Waals surface area contributed by atoms with Crippen LogP contribution in [0, 0.1) is 12.8 Å². The van der Waals surface area contributed by atoms with Crippen molar-refractivity contribution in [1.82, 2.24) is 26.3 Å². The minimum atomic E-state index is -1.14. The molecule has 0 saturated carbocycles. The molecule has 1 aliphatic heterocycles. The predicted octanol–water partition coefficient (Wildman–Crippen LogP) is 1.73. The Kier molecular flexibility index (Phi) is 10.0. The highest BCUT2D eigenvalue weighted by Crippen LogP contribution is 2.19. The summed E-state index contributed by atoms with van der Waals surface area (Å²) in [5.41, 5.74) is 1.19. The highest BCUT2D eigenvalue weighted by atomic mass is 32.1. The van der Waals surface area contributed by atoms with Crippen LogP contribution in [-0.2, 0) is 20.8 Å². The summed E-state index contributed by atoms with van der Waals surface area (Å²) in [5.74, 6) is -1.74. The smallest absolute Gasteiger partial charge is 0.255 e. The van der Waals surface area contributed by atoms with Crippen LogP contribution in [0.2, 0.25) is 0 Å². The molecular weight excluding hydrogens is 494 g/mol. The van der Waals surface area contributed by atoms with Crippen LogP contribution in [0.4, 0.5) is 0 Å². The first kappa shape index (κ1) is 28.1. The van der Waals surface area contributed by atoms with Gasteiger partial charge in [0.25, 0.3) is 5.91 Å². The number of hydrogen-bond acceptors (Lipinski definition) is 7. The van der Waals surface area contributed by atoms with E-state index >= 15 is 0 Å². The lowest BCUT2D eigenvalue weighted by molar-refractivity contribution is -0.132. The number of fused-ring (bicyclic) bond motifs is 1. The van der Waals surface area contributed by atoms with E-state index in [0.29, 0.717) is 25.1 Å². The second-order valence-corrected chi connectivity index (χ2v) is 10.5. The Bertz CT molecular complexity index is 1120. The van der Waals surface area contributed by atoms with Crippen molar-refractivity contribution >= 4 is 35.0 Å². The molecule has 1 aromatic carbocycles. The Morgan fingerprint density at radius 1 is 1.19 bits per heavy atom. The molecule has 4 N–H and O–H groups in total. The molecule has 37 heavy (non-hydrogen) atoms. The Morgan fingerprint density at radius 2 is 1.95 bits per heavy atom. The van der Waals surface area contributed by atoms with Gasteiger partial charge in [0.1, 0.15) is 24.4 Å². The average molecular weight is 530 g/mol. The van der Waals surface area contributed by atoms with Gasteiger partial charge in [-0.2, -0.15) is 0 Å². The molecule has 3 rings (SSSR count). The molecule has 1 aliphatic rings. The number of thiazole rings is 1. The summed E-state index contributed by atoms with van der Waals surface area (Å²) < 4.78 is 5.83. The number of aromatic nitrogens is 1. The molecule has 0 saturated heterocycles. The largest absolute Gasteiger partial charge is 0.491 e. The number of nitrogens with zero attached hydrogens (tertiary/aromatic N) is 1. The fourth-order valence-corrected chi connectivity index (χ4v) is 4.68. The van der Waals surface area contributed by atoms with Crippen molar-refractivity contribution in [2.24, 2.45) is 5.92 Å². The third-order valence-electron chi connectivity index (χ3n) is 5.82. The Balaban J connectivity index is 1.77. The molecule has 0 aliphatic carbocycles. The number of rotatable bonds is 6. The van der Waals surface area contributed by atoms with Crippen LogP contribution in [0.3, 0.4) is 0 Å². The Labute approximate surface area is 221 Å². The van der Waals surface area contributed by atoms with Crippen molar-refractivity contribution in [3.8, 4) is 5.75 Å². The molecule has 10 nitrogen and oxygen atoms in total. The molecule has 2 aromatic rings. The molecule has 2 heterocycles. The van der Waals surface area contributed by atoms with Crippen LogP contribution in [0.1, 0.15) is 54.7 Å². The van der Waals surface area contributed by atoms with Gasteiger partial charge < -0.3 is 26.0 Å². The average Bonchev–Trinajstić information content (AvgIpc) is 3.27. The predicted molar refractivity (Wildman–Crippen MR) is 140 cm³/mol. The summed E-state index contributed by atoms with van der Waals surface area (Å²) in [6.45, 7) is 7.83.